The molecule has 2 aromatic rings. The molecule has 1 aliphatic heterocycles. The summed E-state index contributed by atoms with van der Waals surface area (Å²) in [6, 6.07) is 18.2. The summed E-state index contributed by atoms with van der Waals surface area (Å²) in [5.74, 6) is 0.743. The van der Waals surface area contributed by atoms with E-state index in [4.69, 9.17) is 0 Å². The van der Waals surface area contributed by atoms with Gasteiger partial charge in [0.15, 0.2) is 0 Å². The Morgan fingerprint density at radius 3 is 2.50 bits per heavy atom. The van der Waals surface area contributed by atoms with Gasteiger partial charge in [-0.05, 0) is 28.9 Å². The van der Waals surface area contributed by atoms with Crippen LogP contribution in [0.1, 0.15) is 23.1 Å². The number of hydrogen-bond acceptors (Lipinski definition) is 2. The molecule has 1 amide bonds. The number of amides is 1. The van der Waals surface area contributed by atoms with Gasteiger partial charge in [0.1, 0.15) is 0 Å². The van der Waals surface area contributed by atoms with E-state index in [0.717, 1.165) is 11.1 Å². The van der Waals surface area contributed by atoms with Gasteiger partial charge in [0.25, 0.3) is 0 Å². The molecular weight excluding hydrogens is 266 g/mol. The molecule has 0 spiro atoms. The lowest BCUT2D eigenvalue weighted by Gasteiger charge is -2.38. The van der Waals surface area contributed by atoms with E-state index in [1.54, 1.807) is 0 Å². The van der Waals surface area contributed by atoms with Crippen molar-refractivity contribution in [2.75, 3.05) is 5.75 Å². The van der Waals surface area contributed by atoms with Gasteiger partial charge in [0.2, 0.25) is 5.91 Å². The molecule has 0 bridgehead atoms. The second-order valence-corrected chi connectivity index (χ2v) is 5.53. The van der Waals surface area contributed by atoms with Crippen molar-refractivity contribution in [1.82, 2.24) is 5.32 Å². The molecule has 0 fully saturated rings. The third-order valence-electron chi connectivity index (χ3n) is 4.06. The quantitative estimate of drug-likeness (QED) is 0.833. The smallest absolute Gasteiger partial charge is 0.235 e. The Hall–Kier alpha value is -1.74. The SMILES string of the molecule is O=C1NCc2ccccc2C1(CCS)c1ccccc1. The van der Waals surface area contributed by atoms with Gasteiger partial charge in [0, 0.05) is 6.54 Å². The molecule has 2 aromatic carbocycles. The standard InChI is InChI=1S/C17H17NOS/c19-16-17(10-11-20,14-7-2-1-3-8-14)15-9-5-4-6-13(15)12-18-16/h1-9,20H,10-12H2,(H,18,19). The van der Waals surface area contributed by atoms with Crippen LogP contribution < -0.4 is 5.32 Å². The predicted octanol–water partition coefficient (Wildman–Crippen LogP) is 2.92. The van der Waals surface area contributed by atoms with Gasteiger partial charge in [-0.1, -0.05) is 54.6 Å². The van der Waals surface area contributed by atoms with E-state index in [1.807, 2.05) is 42.5 Å². The maximum Gasteiger partial charge on any atom is 0.235 e. The normalized spacial score (nSPS) is 21.1. The molecule has 3 rings (SSSR count). The molecule has 0 saturated heterocycles. The lowest BCUT2D eigenvalue weighted by Crippen LogP contribution is -2.49. The molecule has 20 heavy (non-hydrogen) atoms. The highest BCUT2D eigenvalue weighted by atomic mass is 32.1. The summed E-state index contributed by atoms with van der Waals surface area (Å²) in [6.07, 6.45) is 0.697. The average molecular weight is 283 g/mol. The van der Waals surface area contributed by atoms with Crippen molar-refractivity contribution in [2.45, 2.75) is 18.4 Å². The van der Waals surface area contributed by atoms with Crippen molar-refractivity contribution in [1.29, 1.82) is 0 Å². The van der Waals surface area contributed by atoms with Crippen molar-refractivity contribution in [2.24, 2.45) is 0 Å². The third-order valence-corrected chi connectivity index (χ3v) is 4.28. The molecule has 0 saturated carbocycles. The van der Waals surface area contributed by atoms with Crippen LogP contribution in [0.5, 0.6) is 0 Å². The minimum atomic E-state index is -0.613. The summed E-state index contributed by atoms with van der Waals surface area (Å²) in [5, 5.41) is 3.04. The van der Waals surface area contributed by atoms with E-state index in [9.17, 15) is 4.79 Å². The first-order valence-corrected chi connectivity index (χ1v) is 7.45. The van der Waals surface area contributed by atoms with E-state index in [0.29, 0.717) is 18.7 Å². The Morgan fingerprint density at radius 2 is 1.75 bits per heavy atom. The molecule has 1 N–H and O–H groups in total. The Bertz CT molecular complexity index is 626. The van der Waals surface area contributed by atoms with Crippen LogP contribution in [0.3, 0.4) is 0 Å². The monoisotopic (exact) mass is 283 g/mol. The highest BCUT2D eigenvalue weighted by Crippen LogP contribution is 2.40. The maximum atomic E-state index is 12.7. The minimum absolute atomic E-state index is 0.0800. The van der Waals surface area contributed by atoms with Crippen molar-refractivity contribution in [3.8, 4) is 0 Å². The van der Waals surface area contributed by atoms with Gasteiger partial charge in [-0.2, -0.15) is 12.6 Å². The summed E-state index contributed by atoms with van der Waals surface area (Å²) in [5.41, 5.74) is 2.73. The Labute approximate surface area is 124 Å². The number of nitrogens with one attached hydrogen (secondary N) is 1. The number of carbonyl (C=O) groups excluding carboxylic acids is 1. The second kappa shape index (κ2) is 5.33. The predicted molar refractivity (Wildman–Crippen MR) is 84.0 cm³/mol. The fraction of sp³-hybridized carbons (Fsp3) is 0.235. The van der Waals surface area contributed by atoms with Crippen molar-refractivity contribution < 1.29 is 4.79 Å². The number of rotatable bonds is 3. The molecule has 1 unspecified atom stereocenters. The van der Waals surface area contributed by atoms with Crippen LogP contribution in [-0.2, 0) is 16.8 Å². The van der Waals surface area contributed by atoms with Crippen molar-refractivity contribution in [3.05, 3.63) is 71.3 Å². The van der Waals surface area contributed by atoms with E-state index in [-0.39, 0.29) is 5.91 Å². The number of carbonyl (C=O) groups is 1. The number of benzene rings is 2. The summed E-state index contributed by atoms with van der Waals surface area (Å²) >= 11 is 4.39. The first-order valence-electron chi connectivity index (χ1n) is 6.82. The highest BCUT2D eigenvalue weighted by Gasteiger charge is 2.44. The van der Waals surface area contributed by atoms with Crippen LogP contribution >= 0.6 is 12.6 Å². The molecule has 0 aliphatic carbocycles. The zero-order chi connectivity index (χ0) is 14.0. The largest absolute Gasteiger partial charge is 0.351 e. The summed E-state index contributed by atoms with van der Waals surface area (Å²) in [7, 11) is 0. The maximum absolute atomic E-state index is 12.7. The molecule has 2 nitrogen and oxygen atoms in total. The van der Waals surface area contributed by atoms with Gasteiger partial charge in [-0.3, -0.25) is 4.79 Å². The van der Waals surface area contributed by atoms with Crippen LogP contribution in [0.4, 0.5) is 0 Å². The molecule has 1 aliphatic rings. The number of fused-ring (bicyclic) bond motifs is 1. The van der Waals surface area contributed by atoms with Crippen LogP contribution in [0.15, 0.2) is 54.6 Å². The van der Waals surface area contributed by atoms with Gasteiger partial charge >= 0.3 is 0 Å². The first kappa shape index (κ1) is 13.3. The lowest BCUT2D eigenvalue weighted by molar-refractivity contribution is -0.126. The summed E-state index contributed by atoms with van der Waals surface area (Å²) in [4.78, 5) is 12.7. The average Bonchev–Trinajstić information content (AvgIpc) is 2.51. The summed E-state index contributed by atoms with van der Waals surface area (Å²) in [6.45, 7) is 0.607. The fourth-order valence-electron chi connectivity index (χ4n) is 3.11. The summed E-state index contributed by atoms with van der Waals surface area (Å²) < 4.78 is 0. The van der Waals surface area contributed by atoms with Gasteiger partial charge in [-0.25, -0.2) is 0 Å². The van der Waals surface area contributed by atoms with Gasteiger partial charge in [0.05, 0.1) is 5.41 Å². The minimum Gasteiger partial charge on any atom is -0.351 e. The van der Waals surface area contributed by atoms with E-state index in [2.05, 4.69) is 30.1 Å². The number of thiol groups is 1. The zero-order valence-electron chi connectivity index (χ0n) is 11.2. The lowest BCUT2D eigenvalue weighted by atomic mass is 9.68. The van der Waals surface area contributed by atoms with E-state index in [1.165, 1.54) is 5.56 Å². The Morgan fingerprint density at radius 1 is 1.05 bits per heavy atom. The van der Waals surface area contributed by atoms with Crippen molar-refractivity contribution >= 4 is 18.5 Å². The topological polar surface area (TPSA) is 29.1 Å². The third kappa shape index (κ3) is 1.93. The van der Waals surface area contributed by atoms with Gasteiger partial charge < -0.3 is 5.32 Å². The Kier molecular flexibility index (Phi) is 3.53. The molecular formula is C17H17NOS. The first-order chi connectivity index (χ1) is 9.79. The second-order valence-electron chi connectivity index (χ2n) is 5.08. The fourth-order valence-corrected chi connectivity index (χ4v) is 3.44. The van der Waals surface area contributed by atoms with Crippen LogP contribution in [-0.4, -0.2) is 11.7 Å². The van der Waals surface area contributed by atoms with Crippen LogP contribution in [0.25, 0.3) is 0 Å². The van der Waals surface area contributed by atoms with Crippen LogP contribution in [0.2, 0.25) is 0 Å². The zero-order valence-corrected chi connectivity index (χ0v) is 12.1. The van der Waals surface area contributed by atoms with E-state index < -0.39 is 5.41 Å². The number of hydrogen-bond donors (Lipinski definition) is 2. The molecule has 3 heteroatoms. The molecule has 1 heterocycles. The van der Waals surface area contributed by atoms with Crippen molar-refractivity contribution in [3.63, 3.8) is 0 Å². The molecule has 0 radical (unpaired) electrons. The Balaban J connectivity index is 2.26. The molecule has 0 aromatic heterocycles. The molecule has 1 atom stereocenters. The van der Waals surface area contributed by atoms with E-state index >= 15 is 0 Å². The highest BCUT2D eigenvalue weighted by molar-refractivity contribution is 7.80. The van der Waals surface area contributed by atoms with Crippen LogP contribution in [0, 0.1) is 0 Å². The van der Waals surface area contributed by atoms with Gasteiger partial charge in [-0.15, -0.1) is 0 Å². The molecule has 102 valence electrons.